The Balaban J connectivity index is 2.21. The van der Waals surface area contributed by atoms with Crippen molar-refractivity contribution in [3.8, 4) is 0 Å². The molecule has 24 heavy (non-hydrogen) atoms. The van der Waals surface area contributed by atoms with Gasteiger partial charge < -0.3 is 14.6 Å². The summed E-state index contributed by atoms with van der Waals surface area (Å²) in [7, 11) is 0. The smallest absolute Gasteiger partial charge is 0.230 e. The number of rotatable bonds is 5. The summed E-state index contributed by atoms with van der Waals surface area (Å²) in [5.41, 5.74) is 2.65. The molecule has 0 radical (unpaired) electrons. The van der Waals surface area contributed by atoms with Gasteiger partial charge in [-0.1, -0.05) is 6.07 Å². The lowest BCUT2D eigenvalue weighted by Crippen LogP contribution is -2.36. The Bertz CT molecular complexity index is 749. The summed E-state index contributed by atoms with van der Waals surface area (Å²) in [5, 5.41) is 9.98. The van der Waals surface area contributed by atoms with Crippen LogP contribution in [0.15, 0.2) is 18.2 Å². The number of aromatic nitrogens is 1. The first-order chi connectivity index (χ1) is 11.6. The molecule has 0 saturated carbocycles. The molecule has 0 spiro atoms. The van der Waals surface area contributed by atoms with Crippen LogP contribution in [0.4, 0.5) is 4.39 Å². The zero-order valence-corrected chi connectivity index (χ0v) is 14.4. The number of carbonyl (C=O) groups is 1. The van der Waals surface area contributed by atoms with Crippen molar-refractivity contribution in [1.29, 1.82) is 0 Å². The molecule has 0 aliphatic heterocycles. The Morgan fingerprint density at radius 2 is 2.12 bits per heavy atom. The van der Waals surface area contributed by atoms with Gasteiger partial charge in [-0.05, 0) is 50.8 Å². The van der Waals surface area contributed by atoms with Crippen molar-refractivity contribution in [2.75, 3.05) is 19.7 Å². The number of hydrogen-bond donors (Lipinski definition) is 1. The highest BCUT2D eigenvalue weighted by atomic mass is 19.1. The van der Waals surface area contributed by atoms with E-state index >= 15 is 0 Å². The van der Waals surface area contributed by atoms with E-state index in [-0.39, 0.29) is 24.2 Å². The number of hydrogen-bond acceptors (Lipinski definition) is 2. The largest absolute Gasteiger partial charge is 0.395 e. The van der Waals surface area contributed by atoms with Crippen LogP contribution in [0.25, 0.3) is 10.9 Å². The molecule has 3 rings (SSSR count). The first-order valence-corrected chi connectivity index (χ1v) is 8.83. The van der Waals surface area contributed by atoms with E-state index in [0.29, 0.717) is 25.0 Å². The van der Waals surface area contributed by atoms with Crippen LogP contribution in [0.1, 0.15) is 43.9 Å². The van der Waals surface area contributed by atoms with Gasteiger partial charge in [-0.2, -0.15) is 0 Å². The van der Waals surface area contributed by atoms with Crippen molar-refractivity contribution in [2.45, 2.75) is 45.6 Å². The van der Waals surface area contributed by atoms with E-state index in [1.54, 1.807) is 6.07 Å². The van der Waals surface area contributed by atoms with Crippen molar-refractivity contribution in [3.05, 3.63) is 35.3 Å². The lowest BCUT2D eigenvalue weighted by molar-refractivity contribution is -0.132. The molecule has 0 bridgehead atoms. The molecule has 4 nitrogen and oxygen atoms in total. The predicted molar refractivity (Wildman–Crippen MR) is 92.6 cm³/mol. The molecule has 0 fully saturated rings. The molecule has 1 aromatic heterocycles. The third kappa shape index (κ3) is 2.61. The number of benzene rings is 1. The van der Waals surface area contributed by atoms with Crippen LogP contribution >= 0.6 is 0 Å². The molecule has 1 heterocycles. The Morgan fingerprint density at radius 1 is 1.38 bits per heavy atom. The summed E-state index contributed by atoms with van der Waals surface area (Å²) in [6.07, 6.45) is 2.49. The molecule has 1 aliphatic carbocycles. The molecule has 1 N–H and O–H groups in total. The lowest BCUT2D eigenvalue weighted by atomic mass is 9.84. The SMILES string of the molecule is CCN(CC)C(=O)C1CCCc2c1c1c(F)cccc1n2CCO. The average molecular weight is 332 g/mol. The molecule has 1 atom stereocenters. The number of likely N-dealkylation sites (N-methyl/N-ethyl adjacent to an activating group) is 1. The van der Waals surface area contributed by atoms with E-state index in [9.17, 15) is 14.3 Å². The zero-order chi connectivity index (χ0) is 17.3. The summed E-state index contributed by atoms with van der Waals surface area (Å²) < 4.78 is 16.6. The fraction of sp³-hybridized carbons (Fsp3) is 0.526. The average Bonchev–Trinajstić information content (AvgIpc) is 2.92. The van der Waals surface area contributed by atoms with Gasteiger partial charge in [0.15, 0.2) is 0 Å². The van der Waals surface area contributed by atoms with Gasteiger partial charge in [0.2, 0.25) is 5.91 Å². The van der Waals surface area contributed by atoms with Crippen LogP contribution in [0, 0.1) is 5.82 Å². The van der Waals surface area contributed by atoms with Crippen molar-refractivity contribution in [1.82, 2.24) is 9.47 Å². The molecular formula is C19H25FN2O2. The maximum Gasteiger partial charge on any atom is 0.230 e. The van der Waals surface area contributed by atoms with Crippen LogP contribution in [0.2, 0.25) is 0 Å². The van der Waals surface area contributed by atoms with Gasteiger partial charge in [0.1, 0.15) is 5.82 Å². The first-order valence-electron chi connectivity index (χ1n) is 8.83. The summed E-state index contributed by atoms with van der Waals surface area (Å²) in [4.78, 5) is 14.8. The number of amides is 1. The highest BCUT2D eigenvalue weighted by Gasteiger charge is 2.34. The van der Waals surface area contributed by atoms with Crippen LogP contribution < -0.4 is 0 Å². The van der Waals surface area contributed by atoms with Crippen LogP contribution in [0.3, 0.4) is 0 Å². The van der Waals surface area contributed by atoms with E-state index in [4.69, 9.17) is 0 Å². The molecule has 1 amide bonds. The minimum atomic E-state index is -0.284. The molecule has 1 aliphatic rings. The predicted octanol–water partition coefficient (Wildman–Crippen LogP) is 3.06. The number of aliphatic hydroxyl groups excluding tert-OH is 1. The van der Waals surface area contributed by atoms with Crippen molar-refractivity contribution >= 4 is 16.8 Å². The van der Waals surface area contributed by atoms with Crippen LogP contribution in [-0.4, -0.2) is 40.2 Å². The maximum absolute atomic E-state index is 14.6. The van der Waals surface area contributed by atoms with Gasteiger partial charge in [0.25, 0.3) is 0 Å². The van der Waals surface area contributed by atoms with Crippen molar-refractivity contribution in [3.63, 3.8) is 0 Å². The minimum absolute atomic E-state index is 0.00138. The van der Waals surface area contributed by atoms with E-state index in [1.165, 1.54) is 6.07 Å². The van der Waals surface area contributed by atoms with Gasteiger partial charge in [-0.15, -0.1) is 0 Å². The minimum Gasteiger partial charge on any atom is -0.395 e. The first kappa shape index (κ1) is 17.0. The van der Waals surface area contributed by atoms with Crippen molar-refractivity contribution < 1.29 is 14.3 Å². The van der Waals surface area contributed by atoms with Crippen molar-refractivity contribution in [2.24, 2.45) is 0 Å². The number of nitrogens with zero attached hydrogens (tertiary/aromatic N) is 2. The molecule has 5 heteroatoms. The van der Waals surface area contributed by atoms with Gasteiger partial charge in [-0.25, -0.2) is 4.39 Å². The van der Waals surface area contributed by atoms with E-state index in [2.05, 4.69) is 0 Å². The van der Waals surface area contributed by atoms with Gasteiger partial charge in [-0.3, -0.25) is 4.79 Å². The standard InChI is InChI=1S/C19H25FN2O2/c1-3-21(4-2)19(24)13-7-5-9-15-17(13)18-14(20)8-6-10-16(18)22(15)11-12-23/h6,8,10,13,23H,3-5,7,9,11-12H2,1-2H3. The Kier molecular flexibility index (Phi) is 4.90. The second-order valence-corrected chi connectivity index (χ2v) is 6.32. The number of halogens is 1. The van der Waals surface area contributed by atoms with Gasteiger partial charge in [0.05, 0.1) is 18.0 Å². The van der Waals surface area contributed by atoms with E-state index in [1.807, 2.05) is 29.4 Å². The van der Waals surface area contributed by atoms with Crippen LogP contribution in [0.5, 0.6) is 0 Å². The Morgan fingerprint density at radius 3 is 2.79 bits per heavy atom. The number of fused-ring (bicyclic) bond motifs is 3. The highest BCUT2D eigenvalue weighted by molar-refractivity contribution is 5.94. The lowest BCUT2D eigenvalue weighted by Gasteiger charge is -2.29. The molecule has 130 valence electrons. The number of aliphatic hydroxyl groups is 1. The topological polar surface area (TPSA) is 45.5 Å². The summed E-state index contributed by atoms with van der Waals surface area (Å²) in [6, 6.07) is 5.03. The third-order valence-corrected chi connectivity index (χ3v) is 5.14. The molecule has 1 unspecified atom stereocenters. The quantitative estimate of drug-likeness (QED) is 0.915. The Hall–Kier alpha value is -1.88. The summed E-state index contributed by atoms with van der Waals surface area (Å²) in [6.45, 7) is 5.71. The molecule has 0 saturated heterocycles. The van der Waals surface area contributed by atoms with E-state index in [0.717, 1.165) is 36.0 Å². The van der Waals surface area contributed by atoms with Crippen LogP contribution in [-0.2, 0) is 17.8 Å². The second kappa shape index (κ2) is 6.93. The number of carbonyl (C=O) groups excluding carboxylic acids is 1. The molecular weight excluding hydrogens is 307 g/mol. The van der Waals surface area contributed by atoms with E-state index < -0.39 is 0 Å². The Labute approximate surface area is 141 Å². The molecule has 2 aromatic rings. The monoisotopic (exact) mass is 332 g/mol. The normalized spacial score (nSPS) is 17.1. The fourth-order valence-electron chi connectivity index (χ4n) is 4.06. The van der Waals surface area contributed by atoms with Gasteiger partial charge >= 0.3 is 0 Å². The van der Waals surface area contributed by atoms with Gasteiger partial charge in [0, 0.05) is 30.7 Å². The maximum atomic E-state index is 14.6. The highest BCUT2D eigenvalue weighted by Crippen LogP contribution is 2.41. The zero-order valence-electron chi connectivity index (χ0n) is 14.4. The third-order valence-electron chi connectivity index (χ3n) is 5.14. The summed E-state index contributed by atoms with van der Waals surface area (Å²) in [5.74, 6) is -0.472. The molecule has 1 aromatic carbocycles. The summed E-state index contributed by atoms with van der Waals surface area (Å²) >= 11 is 0. The second-order valence-electron chi connectivity index (χ2n) is 6.32. The fourth-order valence-corrected chi connectivity index (χ4v) is 4.06.